The van der Waals surface area contributed by atoms with E-state index < -0.39 is 0 Å². The fourth-order valence-electron chi connectivity index (χ4n) is 1.66. The number of nitrogens with one attached hydrogen (secondary N) is 1. The van der Waals surface area contributed by atoms with Gasteiger partial charge in [0.25, 0.3) is 0 Å². The number of hydrogen-bond acceptors (Lipinski definition) is 3. The number of benzene rings is 2. The fourth-order valence-corrected chi connectivity index (χ4v) is 3.34. The molecule has 3 rings (SSSR count). The molecule has 0 bridgehead atoms. The zero-order valence-electron chi connectivity index (χ0n) is 9.45. The summed E-state index contributed by atoms with van der Waals surface area (Å²) in [5.74, 6) is -0.254. The third-order valence-corrected chi connectivity index (χ3v) is 4.35. The largest absolute Gasteiger partial charge is 0.331 e. The lowest BCUT2D eigenvalue weighted by Gasteiger charge is -2.05. The Balaban J connectivity index is 1.96. The lowest BCUT2D eigenvalue weighted by Crippen LogP contribution is -1.89. The normalized spacial score (nSPS) is 10.9. The molecule has 6 heteroatoms. The number of thiazole rings is 1. The predicted octanol–water partition coefficient (Wildman–Crippen LogP) is 5.59. The highest BCUT2D eigenvalue weighted by atomic mass is 79.9. The van der Waals surface area contributed by atoms with Gasteiger partial charge in [0.15, 0.2) is 5.13 Å². The van der Waals surface area contributed by atoms with Crippen LogP contribution in [0.2, 0.25) is 5.02 Å². The molecule has 0 atom stereocenters. The van der Waals surface area contributed by atoms with E-state index in [9.17, 15) is 4.39 Å². The van der Waals surface area contributed by atoms with Crippen molar-refractivity contribution in [2.75, 3.05) is 5.32 Å². The molecule has 0 fully saturated rings. The minimum absolute atomic E-state index is 0.254. The van der Waals surface area contributed by atoms with Gasteiger partial charge >= 0.3 is 0 Å². The van der Waals surface area contributed by atoms with Crippen molar-refractivity contribution >= 4 is 59.9 Å². The van der Waals surface area contributed by atoms with E-state index in [0.717, 1.165) is 20.4 Å². The van der Waals surface area contributed by atoms with E-state index in [2.05, 4.69) is 26.2 Å². The van der Waals surface area contributed by atoms with Crippen LogP contribution in [-0.2, 0) is 0 Å². The standard InChI is InChI=1S/C13H7BrClFN2S/c14-9-5-7(15)1-3-10(9)17-13-18-11-4-2-8(16)6-12(11)19-13/h1-6H,(H,17,18). The van der Waals surface area contributed by atoms with Crippen LogP contribution in [0.4, 0.5) is 15.2 Å². The Kier molecular flexibility index (Phi) is 3.43. The molecule has 2 nitrogen and oxygen atoms in total. The first-order valence-corrected chi connectivity index (χ1v) is 7.39. The predicted molar refractivity (Wildman–Crippen MR) is 82.0 cm³/mol. The number of fused-ring (bicyclic) bond motifs is 1. The molecule has 0 saturated carbocycles. The van der Waals surface area contributed by atoms with Crippen molar-refractivity contribution in [1.82, 2.24) is 4.98 Å². The summed E-state index contributed by atoms with van der Waals surface area (Å²) >= 11 is 10.7. The number of anilines is 2. The zero-order chi connectivity index (χ0) is 13.4. The molecule has 96 valence electrons. The quantitative estimate of drug-likeness (QED) is 0.646. The molecule has 2 aromatic carbocycles. The van der Waals surface area contributed by atoms with E-state index in [1.807, 2.05) is 6.07 Å². The van der Waals surface area contributed by atoms with Crippen LogP contribution >= 0.6 is 38.9 Å². The molecule has 0 aliphatic heterocycles. The Labute approximate surface area is 126 Å². The van der Waals surface area contributed by atoms with E-state index >= 15 is 0 Å². The van der Waals surface area contributed by atoms with Crippen LogP contribution in [0.25, 0.3) is 10.2 Å². The van der Waals surface area contributed by atoms with Crippen molar-refractivity contribution < 1.29 is 4.39 Å². The third kappa shape index (κ3) is 2.73. The van der Waals surface area contributed by atoms with Crippen LogP contribution in [-0.4, -0.2) is 4.98 Å². The topological polar surface area (TPSA) is 24.9 Å². The number of aromatic nitrogens is 1. The summed E-state index contributed by atoms with van der Waals surface area (Å²) in [6.07, 6.45) is 0. The highest BCUT2D eigenvalue weighted by molar-refractivity contribution is 9.10. The second-order valence-corrected chi connectivity index (χ2v) is 6.20. The fraction of sp³-hybridized carbons (Fsp3) is 0. The summed E-state index contributed by atoms with van der Waals surface area (Å²) in [5.41, 5.74) is 1.64. The minimum atomic E-state index is -0.254. The Morgan fingerprint density at radius 2 is 2.05 bits per heavy atom. The van der Waals surface area contributed by atoms with Crippen LogP contribution in [0, 0.1) is 5.82 Å². The van der Waals surface area contributed by atoms with Gasteiger partial charge in [0.1, 0.15) is 5.82 Å². The minimum Gasteiger partial charge on any atom is -0.331 e. The molecule has 0 aliphatic rings. The molecule has 0 saturated heterocycles. The van der Waals surface area contributed by atoms with Crippen LogP contribution in [0.5, 0.6) is 0 Å². The van der Waals surface area contributed by atoms with Crippen molar-refractivity contribution in [1.29, 1.82) is 0 Å². The van der Waals surface area contributed by atoms with Crippen molar-refractivity contribution in [2.24, 2.45) is 0 Å². The highest BCUT2D eigenvalue weighted by Crippen LogP contribution is 2.32. The van der Waals surface area contributed by atoms with Crippen molar-refractivity contribution in [3.05, 3.63) is 51.7 Å². The molecule has 1 N–H and O–H groups in total. The smallest absolute Gasteiger partial charge is 0.188 e. The summed E-state index contributed by atoms with van der Waals surface area (Å²) in [5, 5.41) is 4.56. The van der Waals surface area contributed by atoms with Gasteiger partial charge in [0.05, 0.1) is 15.9 Å². The average molecular weight is 358 g/mol. The Morgan fingerprint density at radius 3 is 2.84 bits per heavy atom. The molecule has 0 spiro atoms. The Hall–Kier alpha value is -1.17. The molecule has 0 unspecified atom stereocenters. The van der Waals surface area contributed by atoms with Crippen LogP contribution in [0.15, 0.2) is 40.9 Å². The molecular formula is C13H7BrClFN2S. The molecular weight excluding hydrogens is 351 g/mol. The zero-order valence-corrected chi connectivity index (χ0v) is 12.6. The summed E-state index contributed by atoms with van der Waals surface area (Å²) in [7, 11) is 0. The third-order valence-electron chi connectivity index (χ3n) is 2.52. The van der Waals surface area contributed by atoms with Gasteiger partial charge < -0.3 is 5.32 Å². The summed E-state index contributed by atoms with van der Waals surface area (Å²) in [6.45, 7) is 0. The van der Waals surface area contributed by atoms with Gasteiger partial charge in [-0.05, 0) is 52.3 Å². The van der Waals surface area contributed by atoms with Crippen LogP contribution in [0.1, 0.15) is 0 Å². The van der Waals surface area contributed by atoms with Crippen LogP contribution in [0.3, 0.4) is 0 Å². The second kappa shape index (κ2) is 5.07. The van der Waals surface area contributed by atoms with Gasteiger partial charge in [-0.25, -0.2) is 9.37 Å². The number of halogens is 3. The second-order valence-electron chi connectivity index (χ2n) is 3.88. The Bertz CT molecular complexity index is 759. The monoisotopic (exact) mass is 356 g/mol. The van der Waals surface area contributed by atoms with E-state index in [-0.39, 0.29) is 5.82 Å². The molecule has 1 heterocycles. The van der Waals surface area contributed by atoms with Gasteiger partial charge in [-0.15, -0.1) is 0 Å². The Morgan fingerprint density at radius 1 is 1.21 bits per heavy atom. The maximum atomic E-state index is 13.1. The van der Waals surface area contributed by atoms with Crippen molar-refractivity contribution in [2.45, 2.75) is 0 Å². The average Bonchev–Trinajstić information content (AvgIpc) is 2.74. The van der Waals surface area contributed by atoms with E-state index in [4.69, 9.17) is 11.6 Å². The van der Waals surface area contributed by atoms with Crippen molar-refractivity contribution in [3.63, 3.8) is 0 Å². The molecule has 1 aromatic heterocycles. The van der Waals surface area contributed by atoms with Gasteiger partial charge in [0.2, 0.25) is 0 Å². The first-order valence-electron chi connectivity index (χ1n) is 5.40. The van der Waals surface area contributed by atoms with Gasteiger partial charge in [-0.1, -0.05) is 22.9 Å². The molecule has 3 aromatic rings. The molecule has 0 radical (unpaired) electrons. The van der Waals surface area contributed by atoms with Gasteiger partial charge in [0, 0.05) is 9.50 Å². The maximum Gasteiger partial charge on any atom is 0.188 e. The molecule has 19 heavy (non-hydrogen) atoms. The number of rotatable bonds is 2. The summed E-state index contributed by atoms with van der Waals surface area (Å²) < 4.78 is 14.8. The maximum absolute atomic E-state index is 13.1. The van der Waals surface area contributed by atoms with E-state index in [0.29, 0.717) is 10.2 Å². The number of hydrogen-bond donors (Lipinski definition) is 1. The van der Waals surface area contributed by atoms with E-state index in [1.165, 1.54) is 23.5 Å². The van der Waals surface area contributed by atoms with Gasteiger partial charge in [-0.2, -0.15) is 0 Å². The summed E-state index contributed by atoms with van der Waals surface area (Å²) in [6, 6.07) is 10.0. The van der Waals surface area contributed by atoms with Crippen molar-refractivity contribution in [3.8, 4) is 0 Å². The number of nitrogens with zero attached hydrogens (tertiary/aromatic N) is 1. The van der Waals surface area contributed by atoms with E-state index in [1.54, 1.807) is 18.2 Å². The lowest BCUT2D eigenvalue weighted by molar-refractivity contribution is 0.630. The lowest BCUT2D eigenvalue weighted by atomic mass is 10.3. The SMILES string of the molecule is Fc1ccc2nc(Nc3ccc(Cl)cc3Br)sc2c1. The first-order chi connectivity index (χ1) is 9.11. The highest BCUT2D eigenvalue weighted by Gasteiger charge is 2.07. The molecule has 0 aliphatic carbocycles. The van der Waals surface area contributed by atoms with Gasteiger partial charge in [-0.3, -0.25) is 0 Å². The molecule has 0 amide bonds. The van der Waals surface area contributed by atoms with Crippen LogP contribution < -0.4 is 5.32 Å². The summed E-state index contributed by atoms with van der Waals surface area (Å²) in [4.78, 5) is 4.40. The first kappa shape index (κ1) is 12.8.